The standard InChI is InChI=1S/C18H20ClN3O2/c1-13(18(24)20-14-8-4-3-5-9-14)22(2)12-17(23)21-16-11-7-6-10-15(16)19/h3-11,13H,12H2,1-2H3,(H,20,24)(H,21,23)/p+1/t13-/m0/s1. The summed E-state index contributed by atoms with van der Waals surface area (Å²) in [6, 6.07) is 15.9. The second-order valence-corrected chi connectivity index (χ2v) is 6.04. The summed E-state index contributed by atoms with van der Waals surface area (Å²) in [6.07, 6.45) is 0. The first-order valence-corrected chi connectivity index (χ1v) is 8.08. The summed E-state index contributed by atoms with van der Waals surface area (Å²) in [7, 11) is 1.81. The maximum Gasteiger partial charge on any atom is 0.282 e. The van der Waals surface area contributed by atoms with Gasteiger partial charge in [0.1, 0.15) is 0 Å². The number of likely N-dealkylation sites (N-methyl/N-ethyl adjacent to an activating group) is 1. The zero-order chi connectivity index (χ0) is 17.5. The van der Waals surface area contributed by atoms with Crippen molar-refractivity contribution in [2.45, 2.75) is 13.0 Å². The molecule has 3 N–H and O–H groups in total. The number of hydrogen-bond acceptors (Lipinski definition) is 2. The molecule has 6 heteroatoms. The molecule has 24 heavy (non-hydrogen) atoms. The number of benzene rings is 2. The molecule has 2 rings (SSSR count). The maximum atomic E-state index is 12.3. The van der Waals surface area contributed by atoms with Crippen LogP contribution >= 0.6 is 11.6 Å². The molecule has 2 aromatic rings. The van der Waals surface area contributed by atoms with Gasteiger partial charge >= 0.3 is 0 Å². The lowest BCUT2D eigenvalue weighted by molar-refractivity contribution is -0.885. The van der Waals surface area contributed by atoms with Crippen molar-refractivity contribution in [2.24, 2.45) is 0 Å². The fourth-order valence-corrected chi connectivity index (χ4v) is 2.34. The third-order valence-corrected chi connectivity index (χ3v) is 4.09. The zero-order valence-electron chi connectivity index (χ0n) is 13.7. The van der Waals surface area contributed by atoms with E-state index >= 15 is 0 Å². The Balaban J connectivity index is 1.88. The van der Waals surface area contributed by atoms with E-state index in [1.54, 1.807) is 38.2 Å². The minimum absolute atomic E-state index is 0.135. The number of quaternary nitrogens is 1. The van der Waals surface area contributed by atoms with Crippen LogP contribution in [0, 0.1) is 0 Å². The lowest BCUT2D eigenvalue weighted by Gasteiger charge is -2.20. The van der Waals surface area contributed by atoms with Crippen LogP contribution < -0.4 is 15.5 Å². The number of halogens is 1. The van der Waals surface area contributed by atoms with Crippen molar-refractivity contribution in [1.29, 1.82) is 0 Å². The van der Waals surface area contributed by atoms with Crippen molar-refractivity contribution < 1.29 is 14.5 Å². The van der Waals surface area contributed by atoms with E-state index in [2.05, 4.69) is 10.6 Å². The summed E-state index contributed by atoms with van der Waals surface area (Å²) in [6.45, 7) is 1.95. The summed E-state index contributed by atoms with van der Waals surface area (Å²) < 4.78 is 0. The van der Waals surface area contributed by atoms with Crippen molar-refractivity contribution in [3.8, 4) is 0 Å². The number of amides is 2. The van der Waals surface area contributed by atoms with E-state index < -0.39 is 0 Å². The van der Waals surface area contributed by atoms with Gasteiger partial charge in [0, 0.05) is 5.69 Å². The van der Waals surface area contributed by atoms with Gasteiger partial charge in [-0.1, -0.05) is 41.9 Å². The predicted molar refractivity (Wildman–Crippen MR) is 96.4 cm³/mol. The van der Waals surface area contributed by atoms with Crippen LogP contribution in [0.2, 0.25) is 5.02 Å². The van der Waals surface area contributed by atoms with Crippen LogP contribution in [0.25, 0.3) is 0 Å². The molecule has 2 atom stereocenters. The van der Waals surface area contributed by atoms with Gasteiger partial charge in [0.2, 0.25) is 0 Å². The Kier molecular flexibility index (Phi) is 6.35. The molecule has 0 aromatic heterocycles. The molecule has 0 radical (unpaired) electrons. The molecule has 2 aromatic carbocycles. The SMILES string of the molecule is C[C@@H](C(=O)Nc1ccccc1)[NH+](C)CC(=O)Nc1ccccc1Cl. The molecule has 5 nitrogen and oxygen atoms in total. The molecule has 0 saturated heterocycles. The Hall–Kier alpha value is -2.37. The van der Waals surface area contributed by atoms with E-state index in [0.717, 1.165) is 10.6 Å². The van der Waals surface area contributed by atoms with Crippen LogP contribution in [0.1, 0.15) is 6.92 Å². The fourth-order valence-electron chi connectivity index (χ4n) is 2.16. The summed E-state index contributed by atoms with van der Waals surface area (Å²) in [5.74, 6) is -0.329. The monoisotopic (exact) mass is 346 g/mol. The minimum atomic E-state index is -0.373. The van der Waals surface area contributed by atoms with Crippen LogP contribution in [-0.4, -0.2) is 31.4 Å². The molecule has 0 aliphatic carbocycles. The van der Waals surface area contributed by atoms with Crippen LogP contribution in [0.15, 0.2) is 54.6 Å². The van der Waals surface area contributed by atoms with E-state index in [1.807, 2.05) is 30.3 Å². The smallest absolute Gasteiger partial charge is 0.282 e. The quantitative estimate of drug-likeness (QED) is 0.747. The first kappa shape index (κ1) is 18.0. The average molecular weight is 347 g/mol. The summed E-state index contributed by atoms with van der Waals surface area (Å²) in [5.41, 5.74) is 1.31. The third-order valence-electron chi connectivity index (χ3n) is 3.76. The zero-order valence-corrected chi connectivity index (χ0v) is 14.4. The van der Waals surface area contributed by atoms with Crippen molar-refractivity contribution in [3.05, 3.63) is 59.6 Å². The van der Waals surface area contributed by atoms with E-state index in [4.69, 9.17) is 11.6 Å². The van der Waals surface area contributed by atoms with Crippen molar-refractivity contribution in [3.63, 3.8) is 0 Å². The summed E-state index contributed by atoms with van der Waals surface area (Å²) in [5, 5.41) is 6.09. The van der Waals surface area contributed by atoms with Gasteiger partial charge < -0.3 is 15.5 Å². The Morgan fingerprint density at radius 3 is 2.33 bits per heavy atom. The van der Waals surface area contributed by atoms with Crippen LogP contribution in [-0.2, 0) is 9.59 Å². The first-order chi connectivity index (χ1) is 11.5. The van der Waals surface area contributed by atoms with Gasteiger partial charge in [0.05, 0.1) is 17.8 Å². The Morgan fingerprint density at radius 2 is 1.67 bits per heavy atom. The number of carbonyl (C=O) groups excluding carboxylic acids is 2. The highest BCUT2D eigenvalue weighted by molar-refractivity contribution is 6.33. The van der Waals surface area contributed by atoms with Gasteiger partial charge in [-0.15, -0.1) is 0 Å². The van der Waals surface area contributed by atoms with Crippen LogP contribution in [0.4, 0.5) is 11.4 Å². The number of rotatable bonds is 6. The van der Waals surface area contributed by atoms with Crippen molar-refractivity contribution in [2.75, 3.05) is 24.2 Å². The lowest BCUT2D eigenvalue weighted by atomic mass is 10.2. The molecule has 0 fully saturated rings. The molecule has 0 saturated carbocycles. The molecule has 0 aliphatic rings. The Morgan fingerprint density at radius 1 is 1.04 bits per heavy atom. The molecule has 0 heterocycles. The van der Waals surface area contributed by atoms with Gasteiger partial charge in [0.25, 0.3) is 11.8 Å². The molecular formula is C18H21ClN3O2+. The number of hydrogen-bond donors (Lipinski definition) is 3. The number of carbonyl (C=O) groups is 2. The normalized spacial score (nSPS) is 13.0. The van der Waals surface area contributed by atoms with Gasteiger partial charge in [-0.05, 0) is 31.2 Å². The van der Waals surface area contributed by atoms with E-state index in [-0.39, 0.29) is 24.4 Å². The predicted octanol–water partition coefficient (Wildman–Crippen LogP) is 1.82. The van der Waals surface area contributed by atoms with Crippen molar-refractivity contribution >= 4 is 34.8 Å². The highest BCUT2D eigenvalue weighted by Gasteiger charge is 2.24. The van der Waals surface area contributed by atoms with Gasteiger partial charge in [0.15, 0.2) is 12.6 Å². The maximum absolute atomic E-state index is 12.3. The number of para-hydroxylation sites is 2. The molecule has 0 bridgehead atoms. The Bertz CT molecular complexity index is 706. The van der Waals surface area contributed by atoms with E-state index in [0.29, 0.717) is 10.7 Å². The molecular weight excluding hydrogens is 326 g/mol. The highest BCUT2D eigenvalue weighted by Crippen LogP contribution is 2.19. The first-order valence-electron chi connectivity index (χ1n) is 7.70. The second kappa shape index (κ2) is 8.47. The van der Waals surface area contributed by atoms with Gasteiger partial charge in [-0.3, -0.25) is 9.59 Å². The second-order valence-electron chi connectivity index (χ2n) is 5.63. The minimum Gasteiger partial charge on any atom is -0.321 e. The third kappa shape index (κ3) is 5.08. The molecule has 126 valence electrons. The molecule has 0 spiro atoms. The molecule has 1 unspecified atom stereocenters. The van der Waals surface area contributed by atoms with Gasteiger partial charge in [-0.2, -0.15) is 0 Å². The van der Waals surface area contributed by atoms with E-state index in [9.17, 15) is 9.59 Å². The van der Waals surface area contributed by atoms with E-state index in [1.165, 1.54) is 0 Å². The average Bonchev–Trinajstić information content (AvgIpc) is 2.57. The lowest BCUT2D eigenvalue weighted by Crippen LogP contribution is -3.14. The largest absolute Gasteiger partial charge is 0.321 e. The Labute approximate surface area is 146 Å². The molecule has 2 amide bonds. The van der Waals surface area contributed by atoms with Crippen LogP contribution in [0.5, 0.6) is 0 Å². The number of anilines is 2. The van der Waals surface area contributed by atoms with Crippen LogP contribution in [0.3, 0.4) is 0 Å². The summed E-state index contributed by atoms with van der Waals surface area (Å²) >= 11 is 6.02. The summed E-state index contributed by atoms with van der Waals surface area (Å²) in [4.78, 5) is 25.2. The topological polar surface area (TPSA) is 62.6 Å². The number of nitrogens with one attached hydrogen (secondary N) is 3. The molecule has 0 aliphatic heterocycles. The highest BCUT2D eigenvalue weighted by atomic mass is 35.5. The fraction of sp³-hybridized carbons (Fsp3) is 0.222. The van der Waals surface area contributed by atoms with Crippen molar-refractivity contribution in [1.82, 2.24) is 0 Å². The van der Waals surface area contributed by atoms with Gasteiger partial charge in [-0.25, -0.2) is 0 Å².